The number of benzene rings is 1. The molecule has 1 aromatic carbocycles. The zero-order valence-electron chi connectivity index (χ0n) is 23.9. The number of rotatable bonds is 18. The Morgan fingerprint density at radius 2 is 1.28 bits per heavy atom. The molecule has 234 valence electrons. The van der Waals surface area contributed by atoms with Gasteiger partial charge in [-0.15, -0.1) is 0 Å². The second kappa shape index (κ2) is 17.9. The van der Waals surface area contributed by atoms with Crippen molar-refractivity contribution in [2.24, 2.45) is 27.9 Å². The summed E-state index contributed by atoms with van der Waals surface area (Å²) in [5.41, 5.74) is 22.3. The number of aromatic nitrogens is 1. The highest BCUT2D eigenvalue weighted by atomic mass is 16.4. The lowest BCUT2D eigenvalue weighted by molar-refractivity contribution is -0.142. The number of unbranched alkanes of at least 4 members (excludes halogenated alkanes) is 2. The molecule has 2 aromatic rings. The molecule has 1 aromatic heterocycles. The standard InChI is InChI=1S/C28H41N9O6/c29-14-6-4-10-18(35-25(40)20-12-13-21(33-20)26(41)37-28(31)32)23(38)34-19(11-5-7-15-30)24(39)36-22(27(42)43)16-17-8-2-1-3-9-17/h1-3,8-9,12-13,18-19,22,33H,4-7,10-11,14-16,29-30H2,(H,34,38)(H,35,40)(H,36,39)(H,42,43)(H4,31,32,37,41)/t18-,19-,22-/m0/s1. The fraction of sp³-hybridized carbons (Fsp3) is 0.429. The zero-order chi connectivity index (χ0) is 31.8. The summed E-state index contributed by atoms with van der Waals surface area (Å²) in [5.74, 6) is -4.45. The van der Waals surface area contributed by atoms with Crippen LogP contribution in [0.3, 0.4) is 0 Å². The van der Waals surface area contributed by atoms with Crippen LogP contribution in [0.4, 0.5) is 0 Å². The van der Waals surface area contributed by atoms with Gasteiger partial charge in [-0.05, 0) is 69.3 Å². The molecule has 43 heavy (non-hydrogen) atoms. The Morgan fingerprint density at radius 3 is 1.81 bits per heavy atom. The Balaban J connectivity index is 2.19. The maximum atomic E-state index is 13.4. The lowest BCUT2D eigenvalue weighted by Crippen LogP contribution is -2.56. The van der Waals surface area contributed by atoms with Crippen LogP contribution in [0.2, 0.25) is 0 Å². The summed E-state index contributed by atoms with van der Waals surface area (Å²) in [7, 11) is 0. The van der Waals surface area contributed by atoms with Gasteiger partial charge >= 0.3 is 5.97 Å². The number of H-pyrrole nitrogens is 1. The normalized spacial score (nSPS) is 12.8. The quantitative estimate of drug-likeness (QED) is 0.0577. The summed E-state index contributed by atoms with van der Waals surface area (Å²) in [5, 5.41) is 17.6. The first-order valence-corrected chi connectivity index (χ1v) is 14.0. The van der Waals surface area contributed by atoms with Gasteiger partial charge in [0.1, 0.15) is 29.5 Å². The molecule has 0 aliphatic rings. The minimum absolute atomic E-state index is 0.0202. The number of aliphatic imine (C=N–C) groups is 1. The Hall–Kier alpha value is -4.76. The molecular weight excluding hydrogens is 558 g/mol. The molecule has 2 rings (SSSR count). The predicted octanol–water partition coefficient (Wildman–Crippen LogP) is -0.918. The van der Waals surface area contributed by atoms with Crippen molar-refractivity contribution in [3.63, 3.8) is 0 Å². The highest BCUT2D eigenvalue weighted by Crippen LogP contribution is 2.10. The summed E-state index contributed by atoms with van der Waals surface area (Å²) < 4.78 is 0. The van der Waals surface area contributed by atoms with Gasteiger partial charge in [0.05, 0.1) is 0 Å². The van der Waals surface area contributed by atoms with Gasteiger partial charge in [-0.1, -0.05) is 30.3 Å². The first-order valence-electron chi connectivity index (χ1n) is 14.0. The molecule has 0 fully saturated rings. The molecule has 0 bridgehead atoms. The number of nitrogens with one attached hydrogen (secondary N) is 4. The lowest BCUT2D eigenvalue weighted by atomic mass is 10.0. The SMILES string of the molecule is NCCCC[C@H](NC(=O)c1ccc(C(=O)N=C(N)N)[nH]1)C(=O)N[C@@H](CCCCN)C(=O)N[C@@H](Cc1ccccc1)C(=O)O. The molecule has 15 heteroatoms. The van der Waals surface area contributed by atoms with E-state index in [0.29, 0.717) is 44.3 Å². The molecule has 3 atom stereocenters. The van der Waals surface area contributed by atoms with Crippen molar-refractivity contribution >= 4 is 35.6 Å². The number of carboxylic acids is 1. The van der Waals surface area contributed by atoms with Crippen LogP contribution < -0.4 is 38.9 Å². The molecule has 0 spiro atoms. The third-order valence-corrected chi connectivity index (χ3v) is 6.44. The van der Waals surface area contributed by atoms with Crippen LogP contribution in [0, 0.1) is 0 Å². The molecular formula is C28H41N9O6. The zero-order valence-corrected chi connectivity index (χ0v) is 23.9. The Morgan fingerprint density at radius 1 is 0.744 bits per heavy atom. The molecule has 0 unspecified atom stereocenters. The molecule has 4 amide bonds. The Kier molecular flexibility index (Phi) is 14.4. The predicted molar refractivity (Wildman–Crippen MR) is 160 cm³/mol. The summed E-state index contributed by atoms with van der Waals surface area (Å²) in [6.45, 7) is 0.743. The van der Waals surface area contributed by atoms with Crippen molar-refractivity contribution in [2.45, 2.75) is 63.1 Å². The van der Waals surface area contributed by atoms with Gasteiger partial charge in [-0.25, -0.2) is 4.79 Å². The van der Waals surface area contributed by atoms with Crippen LogP contribution in [-0.2, 0) is 20.8 Å². The number of aliphatic carboxylic acids is 1. The number of carbonyl (C=O) groups excluding carboxylic acids is 4. The number of amides is 4. The average molecular weight is 600 g/mol. The Labute approximate surface area is 249 Å². The van der Waals surface area contributed by atoms with Crippen LogP contribution >= 0.6 is 0 Å². The number of nitrogens with two attached hydrogens (primary N) is 4. The Bertz CT molecular complexity index is 1260. The first kappa shape index (κ1) is 34.4. The van der Waals surface area contributed by atoms with Crippen molar-refractivity contribution in [2.75, 3.05) is 13.1 Å². The van der Waals surface area contributed by atoms with Crippen molar-refractivity contribution in [1.29, 1.82) is 0 Å². The highest BCUT2D eigenvalue weighted by molar-refractivity contribution is 6.03. The number of carbonyl (C=O) groups is 5. The number of carboxylic acid groups (broad SMARTS) is 1. The number of guanidine groups is 1. The molecule has 0 aliphatic heterocycles. The molecule has 1 heterocycles. The number of aromatic amines is 1. The smallest absolute Gasteiger partial charge is 0.326 e. The second-order valence-corrected chi connectivity index (χ2v) is 9.87. The second-order valence-electron chi connectivity index (χ2n) is 9.87. The largest absolute Gasteiger partial charge is 0.480 e. The average Bonchev–Trinajstić information content (AvgIpc) is 3.47. The van der Waals surface area contributed by atoms with Gasteiger partial charge in [-0.2, -0.15) is 4.99 Å². The minimum atomic E-state index is -1.23. The molecule has 0 saturated carbocycles. The van der Waals surface area contributed by atoms with Crippen molar-refractivity contribution in [3.05, 3.63) is 59.4 Å². The van der Waals surface area contributed by atoms with E-state index in [4.69, 9.17) is 22.9 Å². The van der Waals surface area contributed by atoms with E-state index in [1.165, 1.54) is 12.1 Å². The van der Waals surface area contributed by atoms with E-state index >= 15 is 0 Å². The van der Waals surface area contributed by atoms with Crippen molar-refractivity contribution in [3.8, 4) is 0 Å². The van der Waals surface area contributed by atoms with E-state index in [-0.39, 0.29) is 30.7 Å². The summed E-state index contributed by atoms with van der Waals surface area (Å²) in [4.78, 5) is 69.6. The number of nitrogens with zero attached hydrogens (tertiary/aromatic N) is 1. The van der Waals surface area contributed by atoms with Crippen LogP contribution in [0.1, 0.15) is 65.1 Å². The maximum absolute atomic E-state index is 13.4. The fourth-order valence-electron chi connectivity index (χ4n) is 4.18. The van der Waals surface area contributed by atoms with E-state index in [1.54, 1.807) is 30.3 Å². The fourth-order valence-corrected chi connectivity index (χ4v) is 4.18. The molecule has 0 aliphatic carbocycles. The summed E-state index contributed by atoms with van der Waals surface area (Å²) in [6.07, 6.45) is 2.60. The van der Waals surface area contributed by atoms with E-state index in [9.17, 15) is 29.1 Å². The molecule has 13 N–H and O–H groups in total. The van der Waals surface area contributed by atoms with Crippen LogP contribution in [0.15, 0.2) is 47.5 Å². The van der Waals surface area contributed by atoms with E-state index < -0.39 is 53.7 Å². The third kappa shape index (κ3) is 11.9. The highest BCUT2D eigenvalue weighted by Gasteiger charge is 2.30. The van der Waals surface area contributed by atoms with E-state index in [2.05, 4.69) is 25.9 Å². The first-order chi connectivity index (χ1) is 20.5. The van der Waals surface area contributed by atoms with Gasteiger partial charge in [0.2, 0.25) is 11.8 Å². The lowest BCUT2D eigenvalue weighted by Gasteiger charge is -2.24. The van der Waals surface area contributed by atoms with Crippen molar-refractivity contribution < 1.29 is 29.1 Å². The number of hydrogen-bond donors (Lipinski definition) is 9. The van der Waals surface area contributed by atoms with Gasteiger partial charge < -0.3 is 49.0 Å². The monoisotopic (exact) mass is 599 g/mol. The van der Waals surface area contributed by atoms with Gasteiger partial charge in [0.15, 0.2) is 5.96 Å². The molecule has 0 radical (unpaired) electrons. The topological polar surface area (TPSA) is 274 Å². The van der Waals surface area contributed by atoms with Crippen LogP contribution in [-0.4, -0.2) is 76.9 Å². The maximum Gasteiger partial charge on any atom is 0.326 e. The minimum Gasteiger partial charge on any atom is -0.480 e. The van der Waals surface area contributed by atoms with Crippen LogP contribution in [0.5, 0.6) is 0 Å². The summed E-state index contributed by atoms with van der Waals surface area (Å²) >= 11 is 0. The molecule has 15 nitrogen and oxygen atoms in total. The van der Waals surface area contributed by atoms with Crippen molar-refractivity contribution in [1.82, 2.24) is 20.9 Å². The molecule has 0 saturated heterocycles. The van der Waals surface area contributed by atoms with Gasteiger partial charge in [0, 0.05) is 6.42 Å². The van der Waals surface area contributed by atoms with Crippen LogP contribution in [0.25, 0.3) is 0 Å². The third-order valence-electron chi connectivity index (χ3n) is 6.44. The summed E-state index contributed by atoms with van der Waals surface area (Å²) in [6, 6.07) is 8.10. The number of hydrogen-bond acceptors (Lipinski definition) is 7. The van der Waals surface area contributed by atoms with E-state index in [0.717, 1.165) is 0 Å². The van der Waals surface area contributed by atoms with Gasteiger partial charge in [-0.3, -0.25) is 19.2 Å². The van der Waals surface area contributed by atoms with Gasteiger partial charge in [0.25, 0.3) is 11.8 Å². The van der Waals surface area contributed by atoms with E-state index in [1.807, 2.05) is 0 Å².